The summed E-state index contributed by atoms with van der Waals surface area (Å²) in [6, 6.07) is 3.81. The van der Waals surface area contributed by atoms with E-state index in [9.17, 15) is 4.79 Å². The van der Waals surface area contributed by atoms with E-state index in [1.54, 1.807) is 0 Å². The predicted molar refractivity (Wildman–Crippen MR) is 59.2 cm³/mol. The first-order valence-electron chi connectivity index (χ1n) is 4.94. The van der Waals surface area contributed by atoms with Gasteiger partial charge in [0.1, 0.15) is 5.82 Å². The molecule has 2 N–H and O–H groups in total. The summed E-state index contributed by atoms with van der Waals surface area (Å²) in [5.41, 5.74) is 7.63. The van der Waals surface area contributed by atoms with Crippen LogP contribution in [0.1, 0.15) is 21.9 Å². The second-order valence-electron chi connectivity index (χ2n) is 3.48. The third-order valence-corrected chi connectivity index (χ3v) is 2.50. The van der Waals surface area contributed by atoms with E-state index >= 15 is 0 Å². The highest BCUT2D eigenvalue weighted by atomic mass is 16.5. The molecule has 0 atom stereocenters. The number of carbonyl (C=O) groups excluding carboxylic acids is 1. The lowest BCUT2D eigenvalue weighted by Crippen LogP contribution is -2.03. The summed E-state index contributed by atoms with van der Waals surface area (Å²) in [7, 11) is 1.34. The minimum Gasteiger partial charge on any atom is -0.464 e. The van der Waals surface area contributed by atoms with Gasteiger partial charge in [-0.3, -0.25) is 0 Å². The zero-order valence-corrected chi connectivity index (χ0v) is 9.23. The zero-order chi connectivity index (χ0) is 11.7. The largest absolute Gasteiger partial charge is 0.464 e. The summed E-state index contributed by atoms with van der Waals surface area (Å²) in [5, 5.41) is 0. The summed E-state index contributed by atoms with van der Waals surface area (Å²) in [6.45, 7) is 2.20. The Labute approximate surface area is 92.8 Å². The van der Waals surface area contributed by atoms with Crippen molar-refractivity contribution in [3.05, 3.63) is 35.4 Å². The normalized spacial score (nSPS) is 10.7. The number of aromatic nitrogens is 2. The molecule has 0 fully saturated rings. The number of esters is 1. The Morgan fingerprint density at radius 1 is 1.62 bits per heavy atom. The number of imidazole rings is 1. The number of carbonyl (C=O) groups is 1. The third-order valence-electron chi connectivity index (χ3n) is 2.50. The van der Waals surface area contributed by atoms with Crippen LogP contribution in [0.25, 0.3) is 5.52 Å². The predicted octanol–water partition coefficient (Wildman–Crippen LogP) is 0.888. The number of pyridine rings is 1. The monoisotopic (exact) mass is 219 g/mol. The SMILES string of the molecule is COC(=O)c1nc(CN)n2cccc(C)c12. The van der Waals surface area contributed by atoms with E-state index in [-0.39, 0.29) is 6.54 Å². The van der Waals surface area contributed by atoms with Crippen molar-refractivity contribution >= 4 is 11.5 Å². The molecule has 0 radical (unpaired) electrons. The van der Waals surface area contributed by atoms with Crippen LogP contribution in [0, 0.1) is 6.92 Å². The molecule has 0 unspecified atom stereocenters. The first-order chi connectivity index (χ1) is 7.69. The molecule has 5 heteroatoms. The number of nitrogens with two attached hydrogens (primary N) is 1. The lowest BCUT2D eigenvalue weighted by atomic mass is 10.2. The Hall–Kier alpha value is -1.88. The summed E-state index contributed by atoms with van der Waals surface area (Å²) in [5.74, 6) is 0.214. The maximum atomic E-state index is 11.6. The van der Waals surface area contributed by atoms with Gasteiger partial charge >= 0.3 is 5.97 Å². The van der Waals surface area contributed by atoms with Crippen molar-refractivity contribution in [2.75, 3.05) is 7.11 Å². The number of hydrogen-bond donors (Lipinski definition) is 1. The van der Waals surface area contributed by atoms with Crippen LogP contribution < -0.4 is 5.73 Å². The van der Waals surface area contributed by atoms with Crippen LogP contribution in [0.5, 0.6) is 0 Å². The van der Waals surface area contributed by atoms with Crippen molar-refractivity contribution in [2.45, 2.75) is 13.5 Å². The van der Waals surface area contributed by atoms with E-state index in [0.29, 0.717) is 11.5 Å². The Morgan fingerprint density at radius 2 is 2.38 bits per heavy atom. The molecule has 2 rings (SSSR count). The van der Waals surface area contributed by atoms with Gasteiger partial charge in [0.05, 0.1) is 19.2 Å². The van der Waals surface area contributed by atoms with Gasteiger partial charge in [0, 0.05) is 6.20 Å². The Bertz CT molecular complexity index is 545. The van der Waals surface area contributed by atoms with E-state index < -0.39 is 5.97 Å². The van der Waals surface area contributed by atoms with Crippen LogP contribution in [0.4, 0.5) is 0 Å². The number of nitrogens with zero attached hydrogens (tertiary/aromatic N) is 2. The average Bonchev–Trinajstić information content (AvgIpc) is 2.68. The van der Waals surface area contributed by atoms with Gasteiger partial charge in [-0.05, 0) is 18.6 Å². The molecular weight excluding hydrogens is 206 g/mol. The molecule has 0 aliphatic carbocycles. The number of aryl methyl sites for hydroxylation is 1. The van der Waals surface area contributed by atoms with Gasteiger partial charge in [-0.1, -0.05) is 6.07 Å². The molecule has 0 amide bonds. The highest BCUT2D eigenvalue weighted by molar-refractivity contribution is 5.96. The molecule has 0 saturated heterocycles. The van der Waals surface area contributed by atoms with Crippen molar-refractivity contribution in [1.29, 1.82) is 0 Å². The number of fused-ring (bicyclic) bond motifs is 1. The van der Waals surface area contributed by atoms with Crippen molar-refractivity contribution in [2.24, 2.45) is 5.73 Å². The molecule has 16 heavy (non-hydrogen) atoms. The standard InChI is InChI=1S/C11H13N3O2/c1-7-4-3-5-14-8(6-12)13-9(10(7)14)11(15)16-2/h3-5H,6,12H2,1-2H3. The first kappa shape index (κ1) is 10.6. The summed E-state index contributed by atoms with van der Waals surface area (Å²) in [4.78, 5) is 15.8. The van der Waals surface area contributed by atoms with Crippen molar-refractivity contribution in [3.63, 3.8) is 0 Å². The van der Waals surface area contributed by atoms with Gasteiger partial charge in [-0.15, -0.1) is 0 Å². The molecule has 2 aromatic rings. The molecule has 0 saturated carbocycles. The second-order valence-corrected chi connectivity index (χ2v) is 3.48. The summed E-state index contributed by atoms with van der Waals surface area (Å²) >= 11 is 0. The fraction of sp³-hybridized carbons (Fsp3) is 0.273. The Kier molecular flexibility index (Phi) is 2.62. The molecule has 0 spiro atoms. The molecule has 84 valence electrons. The van der Waals surface area contributed by atoms with E-state index in [1.807, 2.05) is 29.7 Å². The second kappa shape index (κ2) is 3.94. The number of methoxy groups -OCH3 is 1. The molecule has 0 aromatic carbocycles. The fourth-order valence-electron chi connectivity index (χ4n) is 1.75. The van der Waals surface area contributed by atoms with Crippen LogP contribution >= 0.6 is 0 Å². The van der Waals surface area contributed by atoms with Gasteiger partial charge in [-0.25, -0.2) is 9.78 Å². The maximum absolute atomic E-state index is 11.6. The average molecular weight is 219 g/mol. The van der Waals surface area contributed by atoms with Crippen molar-refractivity contribution in [3.8, 4) is 0 Å². The highest BCUT2D eigenvalue weighted by Gasteiger charge is 2.18. The molecular formula is C11H13N3O2. The minimum atomic E-state index is -0.438. The molecule has 0 bridgehead atoms. The van der Waals surface area contributed by atoms with Gasteiger partial charge in [0.25, 0.3) is 0 Å². The molecule has 5 nitrogen and oxygen atoms in total. The van der Waals surface area contributed by atoms with E-state index in [0.717, 1.165) is 11.1 Å². The van der Waals surface area contributed by atoms with Crippen molar-refractivity contribution < 1.29 is 9.53 Å². The number of hydrogen-bond acceptors (Lipinski definition) is 4. The molecule has 0 aliphatic rings. The number of ether oxygens (including phenoxy) is 1. The highest BCUT2D eigenvalue weighted by Crippen LogP contribution is 2.17. The summed E-state index contributed by atoms with van der Waals surface area (Å²) < 4.78 is 6.52. The number of rotatable bonds is 2. The molecule has 2 aromatic heterocycles. The zero-order valence-electron chi connectivity index (χ0n) is 9.23. The maximum Gasteiger partial charge on any atom is 0.358 e. The lowest BCUT2D eigenvalue weighted by molar-refractivity contribution is 0.0596. The van der Waals surface area contributed by atoms with E-state index in [1.165, 1.54) is 7.11 Å². The van der Waals surface area contributed by atoms with Gasteiger partial charge in [0.15, 0.2) is 5.69 Å². The fourth-order valence-corrected chi connectivity index (χ4v) is 1.75. The van der Waals surface area contributed by atoms with Crippen LogP contribution in [0.3, 0.4) is 0 Å². The van der Waals surface area contributed by atoms with Gasteiger partial charge < -0.3 is 14.9 Å². The Morgan fingerprint density at radius 3 is 3.00 bits per heavy atom. The van der Waals surface area contributed by atoms with E-state index in [2.05, 4.69) is 4.98 Å². The van der Waals surface area contributed by atoms with Crippen LogP contribution in [0.15, 0.2) is 18.3 Å². The smallest absolute Gasteiger partial charge is 0.358 e. The van der Waals surface area contributed by atoms with Gasteiger partial charge in [0.2, 0.25) is 0 Å². The van der Waals surface area contributed by atoms with Crippen molar-refractivity contribution in [1.82, 2.24) is 9.38 Å². The van der Waals surface area contributed by atoms with Crippen LogP contribution in [-0.4, -0.2) is 22.5 Å². The van der Waals surface area contributed by atoms with E-state index in [4.69, 9.17) is 10.5 Å². The summed E-state index contributed by atoms with van der Waals surface area (Å²) in [6.07, 6.45) is 1.84. The third kappa shape index (κ3) is 1.45. The van der Waals surface area contributed by atoms with Crippen LogP contribution in [-0.2, 0) is 11.3 Å². The van der Waals surface area contributed by atoms with Crippen LogP contribution in [0.2, 0.25) is 0 Å². The Balaban J connectivity index is 2.79. The topological polar surface area (TPSA) is 69.6 Å². The molecule has 0 aliphatic heterocycles. The quantitative estimate of drug-likeness (QED) is 0.761. The first-order valence-corrected chi connectivity index (χ1v) is 4.94. The van der Waals surface area contributed by atoms with Gasteiger partial charge in [-0.2, -0.15) is 0 Å². The molecule has 2 heterocycles. The lowest BCUT2D eigenvalue weighted by Gasteiger charge is -2.01. The minimum absolute atomic E-state index is 0.279.